The van der Waals surface area contributed by atoms with Crippen LogP contribution in [0.25, 0.3) is 0 Å². The fourth-order valence-corrected chi connectivity index (χ4v) is 3.25. The fourth-order valence-electron chi connectivity index (χ4n) is 2.89. The van der Waals surface area contributed by atoms with Crippen molar-refractivity contribution in [2.24, 2.45) is 10.9 Å². The predicted octanol–water partition coefficient (Wildman–Crippen LogP) is 2.63. The highest BCUT2D eigenvalue weighted by molar-refractivity contribution is 9.10. The van der Waals surface area contributed by atoms with E-state index < -0.39 is 0 Å². The zero-order valence-electron chi connectivity index (χ0n) is 15.1. The molecule has 25 heavy (non-hydrogen) atoms. The van der Waals surface area contributed by atoms with Crippen molar-refractivity contribution in [1.29, 1.82) is 0 Å². The van der Waals surface area contributed by atoms with Crippen LogP contribution in [0.3, 0.4) is 0 Å². The predicted molar refractivity (Wildman–Crippen MR) is 105 cm³/mol. The van der Waals surface area contributed by atoms with Crippen molar-refractivity contribution in [3.8, 4) is 0 Å². The minimum absolute atomic E-state index is 0.0970. The normalized spacial score (nSPS) is 17.7. The molecule has 0 aromatic heterocycles. The summed E-state index contributed by atoms with van der Waals surface area (Å²) in [6.07, 6.45) is 1.09. The Morgan fingerprint density at radius 1 is 1.48 bits per heavy atom. The van der Waals surface area contributed by atoms with E-state index in [0.717, 1.165) is 54.3 Å². The summed E-state index contributed by atoms with van der Waals surface area (Å²) >= 11 is 3.43. The number of halogens is 1. The average molecular weight is 411 g/mol. The van der Waals surface area contributed by atoms with Gasteiger partial charge >= 0.3 is 0 Å². The molecule has 1 saturated heterocycles. The van der Waals surface area contributed by atoms with Gasteiger partial charge in [-0.05, 0) is 38.0 Å². The number of guanidine groups is 1. The van der Waals surface area contributed by atoms with Gasteiger partial charge in [0.15, 0.2) is 5.96 Å². The number of amides is 1. The number of aryl methyl sites for hydroxylation is 1. The number of benzene rings is 1. The van der Waals surface area contributed by atoms with Crippen LogP contribution in [-0.4, -0.2) is 56.7 Å². The lowest BCUT2D eigenvalue weighted by Gasteiger charge is -2.21. The Morgan fingerprint density at radius 3 is 3.00 bits per heavy atom. The highest BCUT2D eigenvalue weighted by Crippen LogP contribution is 2.20. The number of carbonyl (C=O) groups is 1. The van der Waals surface area contributed by atoms with Crippen molar-refractivity contribution in [3.05, 3.63) is 28.2 Å². The van der Waals surface area contributed by atoms with Crippen LogP contribution in [0.1, 0.15) is 18.9 Å². The molecule has 7 heteroatoms. The number of aliphatic imine (C=N–C) groups is 1. The number of ether oxygens (including phenoxy) is 1. The van der Waals surface area contributed by atoms with Crippen LogP contribution >= 0.6 is 15.9 Å². The molecular weight excluding hydrogens is 384 g/mol. The number of likely N-dealkylation sites (tertiary alicyclic amines) is 1. The third-order valence-electron chi connectivity index (χ3n) is 4.17. The van der Waals surface area contributed by atoms with Crippen LogP contribution in [0.15, 0.2) is 27.7 Å². The van der Waals surface area contributed by atoms with E-state index in [2.05, 4.69) is 36.5 Å². The van der Waals surface area contributed by atoms with Crippen LogP contribution < -0.4 is 10.6 Å². The second-order valence-electron chi connectivity index (χ2n) is 6.23. The van der Waals surface area contributed by atoms with E-state index >= 15 is 0 Å². The molecule has 1 atom stereocenters. The van der Waals surface area contributed by atoms with Gasteiger partial charge in [-0.1, -0.05) is 22.0 Å². The lowest BCUT2D eigenvalue weighted by Crippen LogP contribution is -2.40. The molecule has 0 radical (unpaired) electrons. The maximum atomic E-state index is 12.3. The van der Waals surface area contributed by atoms with Crippen LogP contribution in [0.2, 0.25) is 0 Å². The van der Waals surface area contributed by atoms with Gasteiger partial charge in [-0.15, -0.1) is 0 Å². The number of methoxy groups -OCH3 is 1. The molecule has 0 bridgehead atoms. The monoisotopic (exact) mass is 410 g/mol. The Morgan fingerprint density at radius 2 is 2.28 bits per heavy atom. The second kappa shape index (κ2) is 9.77. The molecule has 2 rings (SSSR count). The van der Waals surface area contributed by atoms with Gasteiger partial charge in [0, 0.05) is 42.8 Å². The van der Waals surface area contributed by atoms with Crippen LogP contribution in [-0.2, 0) is 9.53 Å². The molecule has 1 unspecified atom stereocenters. The molecule has 1 aliphatic heterocycles. The van der Waals surface area contributed by atoms with Crippen molar-refractivity contribution in [3.63, 3.8) is 0 Å². The van der Waals surface area contributed by atoms with E-state index in [4.69, 9.17) is 4.74 Å². The van der Waals surface area contributed by atoms with Gasteiger partial charge in [0.2, 0.25) is 5.91 Å². The topological polar surface area (TPSA) is 66.0 Å². The van der Waals surface area contributed by atoms with E-state index in [1.54, 1.807) is 7.11 Å². The average Bonchev–Trinajstić information content (AvgIpc) is 3.04. The summed E-state index contributed by atoms with van der Waals surface area (Å²) in [4.78, 5) is 19.0. The minimum Gasteiger partial charge on any atom is -0.384 e. The van der Waals surface area contributed by atoms with Crippen molar-refractivity contribution >= 4 is 33.5 Å². The molecule has 1 aliphatic rings. The Balaban J connectivity index is 1.96. The van der Waals surface area contributed by atoms with Gasteiger partial charge in [0.1, 0.15) is 6.54 Å². The van der Waals surface area contributed by atoms with Crippen molar-refractivity contribution in [2.75, 3.05) is 45.2 Å². The van der Waals surface area contributed by atoms with Crippen LogP contribution in [0, 0.1) is 12.8 Å². The minimum atomic E-state index is -0.121. The van der Waals surface area contributed by atoms with Crippen molar-refractivity contribution in [1.82, 2.24) is 10.2 Å². The molecular formula is C18H27BrN4O2. The molecule has 1 aromatic carbocycles. The number of nitrogens with zero attached hydrogens (tertiary/aromatic N) is 2. The third-order valence-corrected chi connectivity index (χ3v) is 4.66. The van der Waals surface area contributed by atoms with Gasteiger partial charge in [0.05, 0.1) is 6.61 Å². The SMILES string of the molecule is CCNC(=NCC(=O)Nc1cc(Br)ccc1C)N1CCC(COC)C1. The van der Waals surface area contributed by atoms with Crippen molar-refractivity contribution in [2.45, 2.75) is 20.3 Å². The summed E-state index contributed by atoms with van der Waals surface area (Å²) in [7, 11) is 1.73. The largest absolute Gasteiger partial charge is 0.384 e. The molecule has 6 nitrogen and oxygen atoms in total. The summed E-state index contributed by atoms with van der Waals surface area (Å²) in [5.74, 6) is 1.19. The molecule has 1 fully saturated rings. The standard InChI is InChI=1S/C18H27BrN4O2/c1-4-20-18(23-8-7-14(11-23)12-25-3)21-10-17(24)22-16-9-15(19)6-5-13(16)2/h5-6,9,14H,4,7-8,10-12H2,1-3H3,(H,20,21)(H,22,24). The first-order chi connectivity index (χ1) is 12.0. The summed E-state index contributed by atoms with van der Waals surface area (Å²) in [5.41, 5.74) is 1.83. The Bertz CT molecular complexity index is 621. The third kappa shape index (κ3) is 6.01. The molecule has 2 N–H and O–H groups in total. The lowest BCUT2D eigenvalue weighted by atomic mass is 10.1. The summed E-state index contributed by atoms with van der Waals surface area (Å²) in [6.45, 7) is 7.48. The first kappa shape index (κ1) is 19.7. The van der Waals surface area contributed by atoms with E-state index in [1.807, 2.05) is 32.0 Å². The molecule has 138 valence electrons. The first-order valence-corrected chi connectivity index (χ1v) is 9.41. The molecule has 1 aromatic rings. The Kier molecular flexibility index (Phi) is 7.71. The Labute approximate surface area is 158 Å². The van der Waals surface area contributed by atoms with Gasteiger partial charge < -0.3 is 20.3 Å². The second-order valence-corrected chi connectivity index (χ2v) is 7.15. The zero-order chi connectivity index (χ0) is 18.2. The van der Waals surface area contributed by atoms with E-state index in [-0.39, 0.29) is 12.5 Å². The summed E-state index contributed by atoms with van der Waals surface area (Å²) in [5, 5.41) is 6.20. The quantitative estimate of drug-likeness (QED) is 0.558. The number of carbonyl (C=O) groups excluding carboxylic acids is 1. The van der Waals surface area contributed by atoms with Crippen LogP contribution in [0.5, 0.6) is 0 Å². The van der Waals surface area contributed by atoms with Gasteiger partial charge in [-0.2, -0.15) is 0 Å². The zero-order valence-corrected chi connectivity index (χ0v) is 16.7. The van der Waals surface area contributed by atoms with Crippen LogP contribution in [0.4, 0.5) is 5.69 Å². The van der Waals surface area contributed by atoms with Crippen molar-refractivity contribution < 1.29 is 9.53 Å². The summed E-state index contributed by atoms with van der Waals surface area (Å²) in [6, 6.07) is 5.82. The lowest BCUT2D eigenvalue weighted by molar-refractivity contribution is -0.114. The molecule has 1 amide bonds. The molecule has 0 saturated carbocycles. The number of hydrogen-bond donors (Lipinski definition) is 2. The van der Waals surface area contributed by atoms with Gasteiger partial charge in [0.25, 0.3) is 0 Å². The number of nitrogens with one attached hydrogen (secondary N) is 2. The van der Waals surface area contributed by atoms with Gasteiger partial charge in [-0.25, -0.2) is 4.99 Å². The smallest absolute Gasteiger partial charge is 0.246 e. The summed E-state index contributed by atoms with van der Waals surface area (Å²) < 4.78 is 6.18. The number of hydrogen-bond acceptors (Lipinski definition) is 3. The van der Waals surface area contributed by atoms with E-state index in [1.165, 1.54) is 0 Å². The Hall–Kier alpha value is -1.60. The van der Waals surface area contributed by atoms with E-state index in [0.29, 0.717) is 5.92 Å². The first-order valence-electron chi connectivity index (χ1n) is 8.61. The maximum absolute atomic E-state index is 12.3. The number of rotatable bonds is 6. The highest BCUT2D eigenvalue weighted by Gasteiger charge is 2.24. The van der Waals surface area contributed by atoms with Gasteiger partial charge in [-0.3, -0.25) is 4.79 Å². The van der Waals surface area contributed by atoms with E-state index in [9.17, 15) is 4.79 Å². The molecule has 1 heterocycles. The maximum Gasteiger partial charge on any atom is 0.246 e. The molecule has 0 aliphatic carbocycles. The number of anilines is 1. The highest BCUT2D eigenvalue weighted by atomic mass is 79.9. The fraction of sp³-hybridized carbons (Fsp3) is 0.556. The molecule has 0 spiro atoms.